The van der Waals surface area contributed by atoms with Gasteiger partial charge in [0.2, 0.25) is 0 Å². The summed E-state index contributed by atoms with van der Waals surface area (Å²) in [6.45, 7) is 0. The van der Waals surface area contributed by atoms with Gasteiger partial charge >= 0.3 is 11.3 Å². The summed E-state index contributed by atoms with van der Waals surface area (Å²) in [6.07, 6.45) is 0. The molecule has 0 aliphatic carbocycles. The second kappa shape index (κ2) is 4.23. The van der Waals surface area contributed by atoms with Crippen LogP contribution in [0.1, 0.15) is 0 Å². The van der Waals surface area contributed by atoms with Gasteiger partial charge in [-0.3, -0.25) is 9.89 Å². The number of fused-ring (bicyclic) bond motifs is 1. The summed E-state index contributed by atoms with van der Waals surface area (Å²) in [6, 6.07) is 5.04. The Balaban J connectivity index is 2.35. The van der Waals surface area contributed by atoms with Crippen molar-refractivity contribution < 1.29 is 13.6 Å². The van der Waals surface area contributed by atoms with Crippen LogP contribution >= 0.6 is 27.5 Å². The maximum atomic E-state index is 12.5. The fourth-order valence-corrected chi connectivity index (χ4v) is 1.67. The van der Waals surface area contributed by atoms with Gasteiger partial charge in [-0.1, -0.05) is 15.9 Å². The van der Waals surface area contributed by atoms with Crippen molar-refractivity contribution in [2.75, 3.05) is 5.32 Å². The number of aromatic amines is 1. The van der Waals surface area contributed by atoms with Gasteiger partial charge in [-0.2, -0.15) is 13.9 Å². The number of benzene rings is 1. The molecule has 4 nitrogen and oxygen atoms in total. The van der Waals surface area contributed by atoms with Gasteiger partial charge in [0.1, 0.15) is 0 Å². The molecule has 0 saturated heterocycles. The van der Waals surface area contributed by atoms with E-state index in [-0.39, 0.29) is 5.82 Å². The van der Waals surface area contributed by atoms with Gasteiger partial charge in [0.05, 0.1) is 5.52 Å². The van der Waals surface area contributed by atoms with Crippen molar-refractivity contribution >= 4 is 50.2 Å². The Bertz CT molecular complexity index is 581. The molecule has 8 heteroatoms. The van der Waals surface area contributed by atoms with Crippen LogP contribution in [0.3, 0.4) is 0 Å². The average Bonchev–Trinajstić information content (AvgIpc) is 2.59. The van der Waals surface area contributed by atoms with Gasteiger partial charge in [-0.15, -0.1) is 0 Å². The molecule has 90 valence electrons. The number of aromatic nitrogens is 2. The van der Waals surface area contributed by atoms with Gasteiger partial charge in [-0.25, -0.2) is 0 Å². The highest BCUT2D eigenvalue weighted by molar-refractivity contribution is 9.10. The van der Waals surface area contributed by atoms with Crippen LogP contribution in [0, 0.1) is 0 Å². The van der Waals surface area contributed by atoms with Gasteiger partial charge in [0.25, 0.3) is 0 Å². The Labute approximate surface area is 107 Å². The van der Waals surface area contributed by atoms with Crippen LogP contribution in [0.4, 0.5) is 14.6 Å². The van der Waals surface area contributed by atoms with Crippen LogP contribution in [-0.4, -0.2) is 21.5 Å². The van der Waals surface area contributed by atoms with E-state index in [0.717, 1.165) is 4.47 Å². The van der Waals surface area contributed by atoms with Crippen LogP contribution < -0.4 is 5.32 Å². The smallest absolute Gasteiger partial charge is 0.302 e. The monoisotopic (exact) mass is 323 g/mol. The standard InChI is InChI=1S/C9H5BrClF2N3O/c10-4-1-2-5-6(3-4)15-16-7(5)14-8(17)9(11,12)13/h1-3H,(H2,14,15,16,17). The number of nitrogens with zero attached hydrogens (tertiary/aromatic N) is 1. The number of anilines is 1. The van der Waals surface area contributed by atoms with E-state index in [1.807, 2.05) is 5.32 Å². The third-order valence-corrected chi connectivity index (χ3v) is 2.68. The molecule has 2 aromatic rings. The minimum atomic E-state index is -3.96. The Morgan fingerprint density at radius 2 is 2.24 bits per heavy atom. The number of hydrogen-bond acceptors (Lipinski definition) is 2. The number of hydrogen-bond donors (Lipinski definition) is 2. The van der Waals surface area contributed by atoms with Crippen LogP contribution in [-0.2, 0) is 4.79 Å². The zero-order valence-electron chi connectivity index (χ0n) is 8.10. The molecule has 0 aliphatic rings. The third-order valence-electron chi connectivity index (χ3n) is 2.01. The van der Waals surface area contributed by atoms with E-state index < -0.39 is 11.3 Å². The summed E-state index contributed by atoms with van der Waals surface area (Å²) in [5.41, 5.74) is 0.604. The predicted molar refractivity (Wildman–Crippen MR) is 63.2 cm³/mol. The lowest BCUT2D eigenvalue weighted by atomic mass is 10.2. The highest BCUT2D eigenvalue weighted by atomic mass is 79.9. The summed E-state index contributed by atoms with van der Waals surface area (Å²) in [7, 11) is 0. The SMILES string of the molecule is O=C(Nc1n[nH]c2cc(Br)ccc12)C(F)(F)Cl. The summed E-state index contributed by atoms with van der Waals surface area (Å²) in [4.78, 5) is 11.0. The lowest BCUT2D eigenvalue weighted by Crippen LogP contribution is -2.29. The molecule has 0 spiro atoms. The molecule has 2 rings (SSSR count). The van der Waals surface area contributed by atoms with Crippen molar-refractivity contribution in [2.24, 2.45) is 0 Å². The molecule has 2 N–H and O–H groups in total. The average molecular weight is 325 g/mol. The first kappa shape index (κ1) is 12.3. The van der Waals surface area contributed by atoms with Gasteiger partial charge in [0, 0.05) is 9.86 Å². The molecule has 0 aliphatic heterocycles. The lowest BCUT2D eigenvalue weighted by Gasteiger charge is -2.06. The maximum absolute atomic E-state index is 12.5. The van der Waals surface area contributed by atoms with E-state index in [1.165, 1.54) is 0 Å². The quantitative estimate of drug-likeness (QED) is 0.834. The first-order valence-corrected chi connectivity index (χ1v) is 5.57. The van der Waals surface area contributed by atoms with Crippen molar-refractivity contribution in [3.8, 4) is 0 Å². The summed E-state index contributed by atoms with van der Waals surface area (Å²) in [5.74, 6) is -1.60. The van der Waals surface area contributed by atoms with Crippen molar-refractivity contribution in [2.45, 2.75) is 5.38 Å². The molecule has 0 bridgehead atoms. The molecule has 0 saturated carbocycles. The van der Waals surface area contributed by atoms with Crippen molar-refractivity contribution in [3.05, 3.63) is 22.7 Å². The number of carbonyl (C=O) groups excluding carboxylic acids is 1. The topological polar surface area (TPSA) is 57.8 Å². The molecule has 0 radical (unpaired) electrons. The number of amides is 1. The lowest BCUT2D eigenvalue weighted by molar-refractivity contribution is -0.130. The number of alkyl halides is 3. The van der Waals surface area contributed by atoms with Gasteiger partial charge in [-0.05, 0) is 29.8 Å². The summed E-state index contributed by atoms with van der Waals surface area (Å²) < 4.78 is 25.8. The molecular formula is C9H5BrClF2N3O. The number of halogens is 4. The number of nitrogens with one attached hydrogen (secondary N) is 2. The fraction of sp³-hybridized carbons (Fsp3) is 0.111. The van der Waals surface area contributed by atoms with E-state index in [1.54, 1.807) is 18.2 Å². The third kappa shape index (κ3) is 2.55. The fourth-order valence-electron chi connectivity index (χ4n) is 1.27. The van der Waals surface area contributed by atoms with E-state index in [2.05, 4.69) is 37.7 Å². The van der Waals surface area contributed by atoms with Crippen molar-refractivity contribution in [3.63, 3.8) is 0 Å². The second-order valence-electron chi connectivity index (χ2n) is 3.21. The highest BCUT2D eigenvalue weighted by Gasteiger charge is 2.36. The maximum Gasteiger partial charge on any atom is 0.400 e. The minimum Gasteiger partial charge on any atom is -0.302 e. The molecule has 1 aromatic carbocycles. The van der Waals surface area contributed by atoms with Gasteiger partial charge < -0.3 is 5.32 Å². The molecule has 17 heavy (non-hydrogen) atoms. The van der Waals surface area contributed by atoms with E-state index in [9.17, 15) is 13.6 Å². The van der Waals surface area contributed by atoms with Crippen LogP contribution in [0.15, 0.2) is 22.7 Å². The molecule has 1 amide bonds. The second-order valence-corrected chi connectivity index (χ2v) is 4.60. The Morgan fingerprint density at radius 3 is 2.88 bits per heavy atom. The number of rotatable bonds is 2. The first-order chi connectivity index (χ1) is 7.88. The van der Waals surface area contributed by atoms with Gasteiger partial charge in [0.15, 0.2) is 5.82 Å². The van der Waals surface area contributed by atoms with Crippen LogP contribution in [0.2, 0.25) is 0 Å². The van der Waals surface area contributed by atoms with E-state index in [4.69, 9.17) is 0 Å². The minimum absolute atomic E-state index is 0.0119. The normalized spacial score (nSPS) is 11.8. The molecule has 1 heterocycles. The predicted octanol–water partition coefficient (Wildman–Crippen LogP) is 3.10. The van der Waals surface area contributed by atoms with E-state index >= 15 is 0 Å². The zero-order valence-corrected chi connectivity index (χ0v) is 10.4. The molecular weight excluding hydrogens is 319 g/mol. The summed E-state index contributed by atoms with van der Waals surface area (Å²) >= 11 is 7.83. The van der Waals surface area contributed by atoms with E-state index in [0.29, 0.717) is 10.9 Å². The molecule has 1 aromatic heterocycles. The highest BCUT2D eigenvalue weighted by Crippen LogP contribution is 2.26. The molecule has 0 fully saturated rings. The zero-order chi connectivity index (χ0) is 12.6. The van der Waals surface area contributed by atoms with Crippen LogP contribution in [0.25, 0.3) is 10.9 Å². The number of H-pyrrole nitrogens is 1. The Morgan fingerprint density at radius 1 is 1.53 bits per heavy atom. The Hall–Kier alpha value is -1.21. The van der Waals surface area contributed by atoms with Crippen LogP contribution in [0.5, 0.6) is 0 Å². The van der Waals surface area contributed by atoms with Crippen molar-refractivity contribution in [1.29, 1.82) is 0 Å². The first-order valence-electron chi connectivity index (χ1n) is 4.40. The summed E-state index contributed by atoms with van der Waals surface area (Å²) in [5, 5.41) is 4.83. The largest absolute Gasteiger partial charge is 0.400 e. The molecule has 0 unspecified atom stereocenters. The number of carbonyl (C=O) groups is 1. The molecule has 0 atom stereocenters. The van der Waals surface area contributed by atoms with Crippen molar-refractivity contribution in [1.82, 2.24) is 10.2 Å². The Kier molecular flexibility index (Phi) is 3.05.